The lowest BCUT2D eigenvalue weighted by Crippen LogP contribution is -2.61. The number of aromatic nitrogens is 3. The third-order valence-corrected chi connectivity index (χ3v) is 22.0. The van der Waals surface area contributed by atoms with Gasteiger partial charge in [0.05, 0.1) is 33.1 Å². The number of hydrogen-bond donors (Lipinski definition) is 0. The van der Waals surface area contributed by atoms with Gasteiger partial charge in [-0.3, -0.25) is 0 Å². The van der Waals surface area contributed by atoms with Crippen molar-refractivity contribution in [3.63, 3.8) is 0 Å². The molecule has 3 aromatic heterocycles. The Balaban J connectivity index is 0.900. The van der Waals surface area contributed by atoms with Crippen LogP contribution in [0.25, 0.3) is 116 Å². The van der Waals surface area contributed by atoms with Crippen LogP contribution in [0.15, 0.2) is 309 Å². The van der Waals surface area contributed by atoms with Crippen LogP contribution in [0.5, 0.6) is 0 Å². The Bertz CT molecular complexity index is 6080. The van der Waals surface area contributed by atoms with E-state index in [1.807, 2.05) is 0 Å². The Labute approximate surface area is 597 Å². The minimum Gasteiger partial charge on any atom is -0.311 e. The zero-order valence-electron chi connectivity index (χ0n) is 59.3. The summed E-state index contributed by atoms with van der Waals surface area (Å²) in [6.45, 7) is 20.9. The largest absolute Gasteiger partial charge is 0.311 e. The first-order chi connectivity index (χ1) is 49.5. The predicted octanol–water partition coefficient (Wildman–Crippen LogP) is 24.0. The summed E-state index contributed by atoms with van der Waals surface area (Å²) in [6.07, 6.45) is 0. The van der Waals surface area contributed by atoms with Crippen LogP contribution in [0.2, 0.25) is 0 Å². The van der Waals surface area contributed by atoms with Gasteiger partial charge in [0.1, 0.15) is 0 Å². The van der Waals surface area contributed by atoms with Gasteiger partial charge in [0.15, 0.2) is 0 Å². The lowest BCUT2D eigenvalue weighted by atomic mass is 9.33. The fourth-order valence-corrected chi connectivity index (χ4v) is 16.8. The molecule has 0 radical (unpaired) electrons. The zero-order valence-corrected chi connectivity index (χ0v) is 59.3. The maximum absolute atomic E-state index is 2.65. The molecule has 6 heteroatoms. The summed E-state index contributed by atoms with van der Waals surface area (Å²) in [6, 6.07) is 117. The van der Waals surface area contributed by atoms with Crippen LogP contribution in [0.4, 0.5) is 34.1 Å². The molecule has 0 saturated heterocycles. The van der Waals surface area contributed by atoms with Crippen molar-refractivity contribution >= 4 is 123 Å². The van der Waals surface area contributed by atoms with Crippen molar-refractivity contribution in [1.29, 1.82) is 0 Å². The highest BCUT2D eigenvalue weighted by Gasteiger charge is 2.45. The Morgan fingerprint density at radius 1 is 0.216 bits per heavy atom. The van der Waals surface area contributed by atoms with Crippen LogP contribution >= 0.6 is 0 Å². The Hall–Kier alpha value is -11.9. The van der Waals surface area contributed by atoms with Gasteiger partial charge in [-0.15, -0.1) is 0 Å². The highest BCUT2D eigenvalue weighted by molar-refractivity contribution is 7.00. The van der Waals surface area contributed by atoms with Crippen molar-refractivity contribution in [3.8, 4) is 50.4 Å². The van der Waals surface area contributed by atoms with E-state index < -0.39 is 0 Å². The van der Waals surface area contributed by atoms with E-state index in [1.54, 1.807) is 0 Å². The maximum Gasteiger partial charge on any atom is 0.252 e. The average Bonchev–Trinajstić information content (AvgIpc) is 0.772. The third-order valence-electron chi connectivity index (χ3n) is 22.0. The number of nitrogens with zero attached hydrogens (tertiary/aromatic N) is 5. The van der Waals surface area contributed by atoms with E-state index >= 15 is 0 Å². The van der Waals surface area contributed by atoms with Crippen molar-refractivity contribution in [3.05, 3.63) is 326 Å². The van der Waals surface area contributed by atoms with Gasteiger partial charge < -0.3 is 23.5 Å². The van der Waals surface area contributed by atoms with Gasteiger partial charge in [0, 0.05) is 83.5 Å². The normalized spacial score (nSPS) is 13.1. The minimum atomic E-state index is -0.266. The van der Waals surface area contributed by atoms with E-state index in [-0.39, 0.29) is 23.0 Å². The number of fused-ring (bicyclic) bond motifs is 13. The molecule has 2 aliphatic heterocycles. The SMILES string of the molecule is CC(C)(C)c1cc2c3c(c1)N(c1cc(-c4ccccc4)cc(-c4ccccc4)c1)c1cc(-n4c5ccc(C(C)(C)C)cc5c5cc(C(C)(C)C)ccc54)ccc1B3c1ccc(-n3c4ccccc4c4cc(-n5c6ccccc6c6ccccc65)ccc43)cc1N2c1cccc(-c2ccccc2)c1. The molecule has 19 rings (SSSR count). The first-order valence-corrected chi connectivity index (χ1v) is 36.1. The second-order valence-corrected chi connectivity index (χ2v) is 31.4. The Kier molecular flexibility index (Phi) is 13.7. The highest BCUT2D eigenvalue weighted by Crippen LogP contribution is 2.50. The van der Waals surface area contributed by atoms with Crippen molar-refractivity contribution in [2.24, 2.45) is 0 Å². The summed E-state index contributed by atoms with van der Waals surface area (Å²) in [5.74, 6) is 0. The minimum absolute atomic E-state index is 0.0400. The first kappa shape index (κ1) is 61.3. The number of rotatable bonds is 8. The molecule has 0 N–H and O–H groups in total. The van der Waals surface area contributed by atoms with Gasteiger partial charge in [-0.1, -0.05) is 244 Å². The van der Waals surface area contributed by atoms with Crippen molar-refractivity contribution < 1.29 is 0 Å². The maximum atomic E-state index is 2.65. The van der Waals surface area contributed by atoms with Crippen LogP contribution in [0.3, 0.4) is 0 Å². The molecule has 5 nitrogen and oxygen atoms in total. The van der Waals surface area contributed by atoms with Crippen LogP contribution in [-0.2, 0) is 16.2 Å². The molecular formula is C96H78BN5. The monoisotopic (exact) mass is 1310 g/mol. The fraction of sp³-hybridized carbons (Fsp3) is 0.125. The van der Waals surface area contributed by atoms with Crippen LogP contribution < -0.4 is 26.2 Å². The van der Waals surface area contributed by atoms with E-state index in [0.29, 0.717) is 0 Å². The van der Waals surface area contributed by atoms with Gasteiger partial charge in [-0.2, -0.15) is 0 Å². The molecule has 17 aromatic rings. The van der Waals surface area contributed by atoms with Gasteiger partial charge in [0.25, 0.3) is 6.71 Å². The average molecular weight is 1310 g/mol. The quantitative estimate of drug-likeness (QED) is 0.141. The van der Waals surface area contributed by atoms with Crippen molar-refractivity contribution in [2.75, 3.05) is 9.80 Å². The smallest absolute Gasteiger partial charge is 0.252 e. The molecule has 14 aromatic carbocycles. The van der Waals surface area contributed by atoms with Crippen LogP contribution in [0, 0.1) is 0 Å². The van der Waals surface area contributed by atoms with E-state index in [4.69, 9.17) is 0 Å². The molecule has 0 saturated carbocycles. The molecule has 0 spiro atoms. The molecule has 0 aliphatic carbocycles. The molecule has 2 aliphatic rings. The van der Waals surface area contributed by atoms with Gasteiger partial charge >= 0.3 is 0 Å². The molecule has 5 heterocycles. The highest BCUT2D eigenvalue weighted by atomic mass is 15.2. The lowest BCUT2D eigenvalue weighted by molar-refractivity contribution is 0.590. The van der Waals surface area contributed by atoms with Crippen molar-refractivity contribution in [1.82, 2.24) is 13.7 Å². The van der Waals surface area contributed by atoms with Gasteiger partial charge in [0.2, 0.25) is 0 Å². The summed E-state index contributed by atoms with van der Waals surface area (Å²) in [5, 5.41) is 7.46. The molecule has 490 valence electrons. The van der Waals surface area contributed by atoms with Crippen LogP contribution in [-0.4, -0.2) is 20.4 Å². The van der Waals surface area contributed by atoms with E-state index in [1.165, 1.54) is 116 Å². The molecule has 0 unspecified atom stereocenters. The Morgan fingerprint density at radius 3 is 1.03 bits per heavy atom. The zero-order chi connectivity index (χ0) is 69.1. The van der Waals surface area contributed by atoms with Crippen LogP contribution in [0.1, 0.15) is 79.0 Å². The third kappa shape index (κ3) is 9.74. The summed E-state index contributed by atoms with van der Waals surface area (Å²) < 4.78 is 7.50. The lowest BCUT2D eigenvalue weighted by Gasteiger charge is -2.45. The standard InChI is InChI=1S/C96H78BN5/c1-94(2,3)67-40-47-86-78(54-67)79-55-68(95(4,5)6)41-48-87(79)100(86)73-43-46-82-90(60-73)102(74-52-65(62-28-15-11-16-29-62)50-66(53-74)63-30-17-12-18-31-63)92-57-69(96(7,8)9)56-91-93(92)97(82)81-45-42-72(59-89(81)101(91)70-33-25-32-64(51-70)61-26-13-10-14-27-61)99-85-39-24-21-36-77(85)80-58-71(44-49-88(80)99)98-83-37-22-19-34-75(83)76-35-20-23-38-84(76)98/h10-60H,1-9H3. The Morgan fingerprint density at radius 2 is 0.569 bits per heavy atom. The molecule has 0 bridgehead atoms. The summed E-state index contributed by atoms with van der Waals surface area (Å²) >= 11 is 0. The number of para-hydroxylation sites is 3. The van der Waals surface area contributed by atoms with E-state index in [2.05, 4.69) is 395 Å². The number of anilines is 6. The summed E-state index contributed by atoms with van der Waals surface area (Å²) in [7, 11) is 0. The summed E-state index contributed by atoms with van der Waals surface area (Å²) in [4.78, 5) is 5.27. The molecule has 0 amide bonds. The number of hydrogen-bond acceptors (Lipinski definition) is 2. The molecule has 0 atom stereocenters. The topological polar surface area (TPSA) is 21.3 Å². The van der Waals surface area contributed by atoms with Gasteiger partial charge in [-0.05, 0) is 210 Å². The second-order valence-electron chi connectivity index (χ2n) is 31.4. The fourth-order valence-electron chi connectivity index (χ4n) is 16.8. The molecule has 0 fully saturated rings. The predicted molar refractivity (Wildman–Crippen MR) is 436 cm³/mol. The molecule has 102 heavy (non-hydrogen) atoms. The number of benzene rings is 14. The van der Waals surface area contributed by atoms with Gasteiger partial charge in [-0.25, -0.2) is 0 Å². The summed E-state index contributed by atoms with van der Waals surface area (Å²) in [5.41, 5.74) is 31.6. The van der Waals surface area contributed by atoms with E-state index in [9.17, 15) is 0 Å². The van der Waals surface area contributed by atoms with Crippen molar-refractivity contribution in [2.45, 2.75) is 78.6 Å². The second kappa shape index (κ2) is 22.8. The first-order valence-electron chi connectivity index (χ1n) is 36.1. The van der Waals surface area contributed by atoms with E-state index in [0.717, 1.165) is 67.5 Å². The molecular weight excluding hydrogens is 1230 g/mol.